The Morgan fingerprint density at radius 3 is 1.05 bits per heavy atom. The molecular formula is C39H40O2Si3. The second-order valence-electron chi connectivity index (χ2n) is 11.0. The van der Waals surface area contributed by atoms with E-state index in [1.807, 2.05) is 18.2 Å². The molecule has 5 aromatic rings. The summed E-state index contributed by atoms with van der Waals surface area (Å²) in [6, 6.07) is 55.6. The van der Waals surface area contributed by atoms with Gasteiger partial charge in [0.1, 0.15) is 0 Å². The lowest BCUT2D eigenvalue weighted by Gasteiger charge is -2.47. The first-order chi connectivity index (χ1) is 21.6. The van der Waals surface area contributed by atoms with Gasteiger partial charge in [-0.15, -0.1) is 19.7 Å². The lowest BCUT2D eigenvalue weighted by Crippen LogP contribution is -2.77. The molecule has 5 rings (SSSR count). The van der Waals surface area contributed by atoms with Gasteiger partial charge in [0.25, 0.3) is 8.32 Å². The lowest BCUT2D eigenvalue weighted by molar-refractivity contribution is 0.416. The zero-order chi connectivity index (χ0) is 30.7. The van der Waals surface area contributed by atoms with Crippen molar-refractivity contribution < 1.29 is 8.23 Å². The van der Waals surface area contributed by atoms with Crippen LogP contribution in [0.25, 0.3) is 0 Å². The van der Waals surface area contributed by atoms with Crippen molar-refractivity contribution in [2.75, 3.05) is 0 Å². The van der Waals surface area contributed by atoms with Crippen LogP contribution in [0.4, 0.5) is 0 Å². The van der Waals surface area contributed by atoms with E-state index < -0.39 is 25.2 Å². The van der Waals surface area contributed by atoms with Crippen molar-refractivity contribution in [1.29, 1.82) is 0 Å². The van der Waals surface area contributed by atoms with E-state index in [9.17, 15) is 0 Å². The second kappa shape index (κ2) is 14.6. The smallest absolute Gasteiger partial charge is 0.387 e. The van der Waals surface area contributed by atoms with Crippen molar-refractivity contribution in [3.63, 3.8) is 0 Å². The molecule has 44 heavy (non-hydrogen) atoms. The van der Waals surface area contributed by atoms with Gasteiger partial charge in [-0.2, -0.15) is 0 Å². The highest BCUT2D eigenvalue weighted by molar-refractivity contribution is 7.10. The van der Waals surface area contributed by atoms with Gasteiger partial charge in [-0.3, -0.25) is 0 Å². The fourth-order valence-electron chi connectivity index (χ4n) is 6.11. The van der Waals surface area contributed by atoms with Crippen molar-refractivity contribution >= 4 is 51.1 Å². The summed E-state index contributed by atoms with van der Waals surface area (Å²) >= 11 is 0. The minimum absolute atomic E-state index is 0.696. The maximum Gasteiger partial charge on any atom is 0.387 e. The zero-order valence-corrected chi connectivity index (χ0v) is 28.2. The van der Waals surface area contributed by atoms with Crippen LogP contribution in [-0.2, 0) is 8.23 Å². The molecule has 0 atom stereocenters. The SMILES string of the molecule is C=CC[Si](CC=C)(O[Si](O[Si](CC=C)(c1ccccc1)c1ccccc1)(c1ccccc1)c1ccccc1)c1ccccc1. The molecule has 2 nitrogen and oxygen atoms in total. The summed E-state index contributed by atoms with van der Waals surface area (Å²) in [5.74, 6) is 0. The molecule has 0 radical (unpaired) electrons. The summed E-state index contributed by atoms with van der Waals surface area (Å²) in [7, 11) is -9.30. The van der Waals surface area contributed by atoms with Gasteiger partial charge >= 0.3 is 8.56 Å². The van der Waals surface area contributed by atoms with Gasteiger partial charge in [-0.1, -0.05) is 170 Å². The molecule has 0 aliphatic heterocycles. The topological polar surface area (TPSA) is 18.5 Å². The van der Waals surface area contributed by atoms with E-state index in [0.29, 0.717) is 6.04 Å². The molecule has 0 N–H and O–H groups in total. The summed E-state index contributed by atoms with van der Waals surface area (Å²) < 4.78 is 16.2. The first-order valence-corrected chi connectivity index (χ1v) is 21.4. The van der Waals surface area contributed by atoms with Gasteiger partial charge in [0.15, 0.2) is 0 Å². The van der Waals surface area contributed by atoms with Crippen molar-refractivity contribution in [2.45, 2.75) is 18.1 Å². The molecule has 0 amide bonds. The average molecular weight is 625 g/mol. The predicted molar refractivity (Wildman–Crippen MR) is 195 cm³/mol. The predicted octanol–water partition coefficient (Wildman–Crippen LogP) is 6.45. The van der Waals surface area contributed by atoms with E-state index in [4.69, 9.17) is 8.23 Å². The number of allylic oxidation sites excluding steroid dienone is 3. The Morgan fingerprint density at radius 1 is 0.386 bits per heavy atom. The third-order valence-electron chi connectivity index (χ3n) is 8.12. The minimum atomic E-state index is -3.50. The van der Waals surface area contributed by atoms with Crippen molar-refractivity contribution in [1.82, 2.24) is 0 Å². The number of hydrogen-bond donors (Lipinski definition) is 0. The fourth-order valence-corrected chi connectivity index (χ4v) is 21.8. The highest BCUT2D eigenvalue weighted by Crippen LogP contribution is 2.29. The van der Waals surface area contributed by atoms with Crippen molar-refractivity contribution in [3.05, 3.63) is 190 Å². The highest BCUT2D eigenvalue weighted by atomic mass is 28.5. The van der Waals surface area contributed by atoms with Crippen LogP contribution >= 0.6 is 0 Å². The molecule has 0 bridgehead atoms. The highest BCUT2D eigenvalue weighted by Gasteiger charge is 2.56. The Bertz CT molecular complexity index is 1540. The third-order valence-corrected chi connectivity index (χ3v) is 22.2. The monoisotopic (exact) mass is 624 g/mol. The number of benzene rings is 5. The van der Waals surface area contributed by atoms with Crippen molar-refractivity contribution in [3.8, 4) is 0 Å². The van der Waals surface area contributed by atoms with E-state index in [0.717, 1.165) is 22.5 Å². The van der Waals surface area contributed by atoms with Crippen LogP contribution in [0.5, 0.6) is 0 Å². The average Bonchev–Trinajstić information content (AvgIpc) is 3.10. The van der Waals surface area contributed by atoms with Gasteiger partial charge < -0.3 is 8.23 Å². The van der Waals surface area contributed by atoms with Crippen LogP contribution in [0.15, 0.2) is 190 Å². The molecule has 0 spiro atoms. The van der Waals surface area contributed by atoms with Crippen LogP contribution in [0, 0.1) is 0 Å². The molecule has 220 valence electrons. The summed E-state index contributed by atoms with van der Waals surface area (Å²) in [4.78, 5) is 0. The first-order valence-electron chi connectivity index (χ1n) is 15.1. The Morgan fingerprint density at radius 2 is 0.705 bits per heavy atom. The molecule has 5 heteroatoms. The quantitative estimate of drug-likeness (QED) is 0.0985. The Balaban J connectivity index is 1.88. The Kier molecular flexibility index (Phi) is 10.4. The molecule has 0 saturated heterocycles. The third kappa shape index (κ3) is 6.38. The van der Waals surface area contributed by atoms with E-state index >= 15 is 0 Å². The standard InChI is InChI=1S/C39H40O2Si3/c1-4-32-42(33-5-2,35-22-12-7-13-23-35)40-44(38-28-18-10-19-29-38,39-30-20-11-21-31-39)41-43(34-6-3,36-24-14-8-15-25-36)37-26-16-9-17-27-37/h4-31H,1-3,32-34H2. The summed E-state index contributed by atoms with van der Waals surface area (Å²) in [5.41, 5.74) is 0. The van der Waals surface area contributed by atoms with E-state index in [2.05, 4.69) is 171 Å². The number of rotatable bonds is 15. The molecule has 0 aliphatic rings. The van der Waals surface area contributed by atoms with Crippen LogP contribution in [-0.4, -0.2) is 25.2 Å². The van der Waals surface area contributed by atoms with E-state index in [-0.39, 0.29) is 0 Å². The maximum absolute atomic E-state index is 8.13. The molecule has 0 aliphatic carbocycles. The Hall–Kier alpha value is -4.11. The second-order valence-corrected chi connectivity index (χ2v) is 21.6. The molecule has 0 aromatic heterocycles. The van der Waals surface area contributed by atoms with Crippen molar-refractivity contribution in [2.24, 2.45) is 0 Å². The summed E-state index contributed by atoms with van der Waals surface area (Å²) in [6.07, 6.45) is 6.05. The van der Waals surface area contributed by atoms with Crippen LogP contribution in [0.2, 0.25) is 18.1 Å². The Labute approximate surface area is 266 Å². The van der Waals surface area contributed by atoms with Gasteiger partial charge in [-0.25, -0.2) is 0 Å². The molecule has 0 unspecified atom stereocenters. The molecule has 5 aromatic carbocycles. The van der Waals surface area contributed by atoms with Gasteiger partial charge in [0, 0.05) is 0 Å². The van der Waals surface area contributed by atoms with Crippen LogP contribution in [0.1, 0.15) is 0 Å². The van der Waals surface area contributed by atoms with Crippen LogP contribution in [0.3, 0.4) is 0 Å². The fraction of sp³-hybridized carbons (Fsp3) is 0.0769. The zero-order valence-electron chi connectivity index (χ0n) is 25.2. The van der Waals surface area contributed by atoms with Gasteiger partial charge in [0.05, 0.1) is 0 Å². The van der Waals surface area contributed by atoms with Gasteiger partial charge in [0.2, 0.25) is 8.32 Å². The van der Waals surface area contributed by atoms with E-state index in [1.165, 1.54) is 15.6 Å². The first kappa shape index (κ1) is 31.3. The molecule has 0 fully saturated rings. The maximum atomic E-state index is 8.13. The molecule has 0 saturated carbocycles. The normalized spacial score (nSPS) is 11.9. The number of hydrogen-bond acceptors (Lipinski definition) is 2. The lowest BCUT2D eigenvalue weighted by atomic mass is 10.4. The van der Waals surface area contributed by atoms with Crippen LogP contribution < -0.4 is 25.9 Å². The van der Waals surface area contributed by atoms with Gasteiger partial charge in [-0.05, 0) is 44.1 Å². The van der Waals surface area contributed by atoms with E-state index in [1.54, 1.807) is 0 Å². The minimum Gasteiger partial charge on any atom is -0.425 e. The summed E-state index contributed by atoms with van der Waals surface area (Å²) in [5, 5.41) is 5.76. The molecule has 0 heterocycles. The molecular weight excluding hydrogens is 585 g/mol. The largest absolute Gasteiger partial charge is 0.425 e. The summed E-state index contributed by atoms with van der Waals surface area (Å²) in [6.45, 7) is 12.7.